The van der Waals surface area contributed by atoms with E-state index in [1.54, 1.807) is 28.0 Å². The van der Waals surface area contributed by atoms with Gasteiger partial charge in [0.2, 0.25) is 0 Å². The Morgan fingerprint density at radius 1 is 1.04 bits per heavy atom. The van der Waals surface area contributed by atoms with E-state index in [1.165, 1.54) is 5.56 Å². The maximum absolute atomic E-state index is 12.7. The van der Waals surface area contributed by atoms with Gasteiger partial charge in [-0.1, -0.05) is 23.8 Å². The molecule has 0 N–H and O–H groups in total. The molecule has 4 rings (SSSR count). The van der Waals surface area contributed by atoms with Crippen molar-refractivity contribution in [2.75, 3.05) is 0 Å². The molecule has 24 heavy (non-hydrogen) atoms. The molecule has 0 aliphatic heterocycles. The molecule has 0 unspecified atom stereocenters. The quantitative estimate of drug-likeness (QED) is 0.582. The summed E-state index contributed by atoms with van der Waals surface area (Å²) in [5.74, 6) is 0. The molecular weight excluding hydrogens is 302 g/mol. The molecule has 0 aliphatic carbocycles. The zero-order valence-electron chi connectivity index (χ0n) is 13.1. The van der Waals surface area contributed by atoms with Crippen molar-refractivity contribution in [1.82, 2.24) is 24.3 Å². The fourth-order valence-corrected chi connectivity index (χ4v) is 2.60. The molecule has 3 aromatic heterocycles. The first-order chi connectivity index (χ1) is 11.7. The second-order valence-electron chi connectivity index (χ2n) is 5.63. The van der Waals surface area contributed by atoms with Crippen LogP contribution in [0.25, 0.3) is 16.7 Å². The SMILES string of the molecule is Cc1ccc(-n2ncc3c(=O)n(Cc4ccccn4)cnc32)cc1. The van der Waals surface area contributed by atoms with E-state index in [4.69, 9.17) is 0 Å². The van der Waals surface area contributed by atoms with E-state index in [2.05, 4.69) is 15.1 Å². The molecule has 0 spiro atoms. The minimum absolute atomic E-state index is 0.121. The number of aryl methyl sites for hydroxylation is 1. The zero-order chi connectivity index (χ0) is 16.5. The fraction of sp³-hybridized carbons (Fsp3) is 0.111. The summed E-state index contributed by atoms with van der Waals surface area (Å²) in [6.07, 6.45) is 4.83. The van der Waals surface area contributed by atoms with Gasteiger partial charge in [0, 0.05) is 6.20 Å². The van der Waals surface area contributed by atoms with E-state index in [-0.39, 0.29) is 5.56 Å². The highest BCUT2D eigenvalue weighted by Gasteiger charge is 2.11. The van der Waals surface area contributed by atoms with E-state index >= 15 is 0 Å². The third-order valence-electron chi connectivity index (χ3n) is 3.89. The van der Waals surface area contributed by atoms with Gasteiger partial charge in [0.1, 0.15) is 11.7 Å². The van der Waals surface area contributed by atoms with Crippen molar-refractivity contribution in [2.24, 2.45) is 0 Å². The Balaban J connectivity index is 1.78. The monoisotopic (exact) mass is 317 g/mol. The van der Waals surface area contributed by atoms with Crippen molar-refractivity contribution in [3.8, 4) is 5.69 Å². The van der Waals surface area contributed by atoms with Gasteiger partial charge in [-0.2, -0.15) is 5.10 Å². The highest BCUT2D eigenvalue weighted by Crippen LogP contribution is 2.14. The first-order valence-corrected chi connectivity index (χ1v) is 7.62. The van der Waals surface area contributed by atoms with Gasteiger partial charge in [-0.15, -0.1) is 0 Å². The molecule has 0 amide bonds. The van der Waals surface area contributed by atoms with Gasteiger partial charge in [0.25, 0.3) is 5.56 Å². The van der Waals surface area contributed by atoms with Crippen molar-refractivity contribution >= 4 is 11.0 Å². The lowest BCUT2D eigenvalue weighted by Gasteiger charge is -2.06. The molecule has 0 fully saturated rings. The first kappa shape index (κ1) is 14.3. The van der Waals surface area contributed by atoms with E-state index < -0.39 is 0 Å². The summed E-state index contributed by atoms with van der Waals surface area (Å²) in [6, 6.07) is 13.6. The van der Waals surface area contributed by atoms with E-state index in [0.717, 1.165) is 11.4 Å². The van der Waals surface area contributed by atoms with Crippen molar-refractivity contribution in [3.05, 3.63) is 82.8 Å². The van der Waals surface area contributed by atoms with Crippen molar-refractivity contribution < 1.29 is 0 Å². The third-order valence-corrected chi connectivity index (χ3v) is 3.89. The maximum atomic E-state index is 12.7. The predicted octanol–water partition coefficient (Wildman–Crippen LogP) is 2.33. The van der Waals surface area contributed by atoms with E-state index in [9.17, 15) is 4.79 Å². The number of benzene rings is 1. The highest BCUT2D eigenvalue weighted by molar-refractivity contribution is 5.74. The molecule has 4 aromatic rings. The number of fused-ring (bicyclic) bond motifs is 1. The van der Waals surface area contributed by atoms with Crippen LogP contribution in [0.15, 0.2) is 66.0 Å². The summed E-state index contributed by atoms with van der Waals surface area (Å²) in [6.45, 7) is 2.41. The molecule has 6 heteroatoms. The van der Waals surface area contributed by atoms with E-state index in [1.807, 2.05) is 49.4 Å². The number of rotatable bonds is 3. The Hall–Kier alpha value is -3.28. The summed E-state index contributed by atoms with van der Waals surface area (Å²) in [5.41, 5.74) is 3.29. The number of nitrogens with zero attached hydrogens (tertiary/aromatic N) is 5. The molecule has 0 saturated carbocycles. The molecule has 118 valence electrons. The lowest BCUT2D eigenvalue weighted by atomic mass is 10.2. The van der Waals surface area contributed by atoms with Crippen LogP contribution >= 0.6 is 0 Å². The summed E-state index contributed by atoms with van der Waals surface area (Å²) in [7, 11) is 0. The average molecular weight is 317 g/mol. The van der Waals surface area contributed by atoms with Crippen molar-refractivity contribution in [1.29, 1.82) is 0 Å². The van der Waals surface area contributed by atoms with Crippen LogP contribution in [0.4, 0.5) is 0 Å². The topological polar surface area (TPSA) is 65.6 Å². The lowest BCUT2D eigenvalue weighted by Crippen LogP contribution is -2.21. The number of pyridine rings is 1. The molecule has 0 aliphatic rings. The Morgan fingerprint density at radius 3 is 2.62 bits per heavy atom. The third kappa shape index (κ3) is 2.48. The first-order valence-electron chi connectivity index (χ1n) is 7.62. The number of aromatic nitrogens is 5. The normalized spacial score (nSPS) is 11.0. The summed E-state index contributed by atoms with van der Waals surface area (Å²) in [5, 5.41) is 4.82. The van der Waals surface area contributed by atoms with Gasteiger partial charge in [0.15, 0.2) is 5.65 Å². The second kappa shape index (κ2) is 5.73. The zero-order valence-corrected chi connectivity index (χ0v) is 13.1. The van der Waals surface area contributed by atoms with Crippen molar-refractivity contribution in [3.63, 3.8) is 0 Å². The Morgan fingerprint density at radius 2 is 1.88 bits per heavy atom. The van der Waals surface area contributed by atoms with Crippen molar-refractivity contribution in [2.45, 2.75) is 13.5 Å². The smallest absolute Gasteiger partial charge is 0.264 e. The van der Waals surface area contributed by atoms with Gasteiger partial charge >= 0.3 is 0 Å². The number of hydrogen-bond acceptors (Lipinski definition) is 4. The highest BCUT2D eigenvalue weighted by atomic mass is 16.1. The summed E-state index contributed by atoms with van der Waals surface area (Å²) >= 11 is 0. The fourth-order valence-electron chi connectivity index (χ4n) is 2.60. The second-order valence-corrected chi connectivity index (χ2v) is 5.63. The molecular formula is C18H15N5O. The predicted molar refractivity (Wildman–Crippen MR) is 91.2 cm³/mol. The van der Waals surface area contributed by atoms with Crippen LogP contribution in [0.1, 0.15) is 11.3 Å². The molecule has 0 bridgehead atoms. The van der Waals surface area contributed by atoms with Gasteiger partial charge in [-0.3, -0.25) is 14.3 Å². The number of hydrogen-bond donors (Lipinski definition) is 0. The maximum Gasteiger partial charge on any atom is 0.264 e. The Labute approximate surface area is 138 Å². The van der Waals surface area contributed by atoms with Gasteiger partial charge in [-0.25, -0.2) is 9.67 Å². The van der Waals surface area contributed by atoms with Crippen LogP contribution in [-0.4, -0.2) is 24.3 Å². The molecule has 0 radical (unpaired) electrons. The lowest BCUT2D eigenvalue weighted by molar-refractivity contribution is 0.727. The van der Waals surface area contributed by atoms with Crippen LogP contribution in [0.5, 0.6) is 0 Å². The average Bonchev–Trinajstić information content (AvgIpc) is 3.04. The molecule has 0 saturated heterocycles. The van der Waals surface area contributed by atoms with Crippen LogP contribution in [-0.2, 0) is 6.54 Å². The molecule has 6 nitrogen and oxygen atoms in total. The van der Waals surface area contributed by atoms with Crippen LogP contribution in [0, 0.1) is 6.92 Å². The van der Waals surface area contributed by atoms with Gasteiger partial charge in [-0.05, 0) is 31.2 Å². The largest absolute Gasteiger partial charge is 0.292 e. The van der Waals surface area contributed by atoms with E-state index in [0.29, 0.717) is 17.6 Å². The van der Waals surface area contributed by atoms with Crippen LogP contribution in [0.2, 0.25) is 0 Å². The minimum Gasteiger partial charge on any atom is -0.292 e. The van der Waals surface area contributed by atoms with Gasteiger partial charge < -0.3 is 0 Å². The molecule has 0 atom stereocenters. The summed E-state index contributed by atoms with van der Waals surface area (Å²) < 4.78 is 3.23. The van der Waals surface area contributed by atoms with Crippen LogP contribution < -0.4 is 5.56 Å². The molecule has 1 aromatic carbocycles. The molecule has 3 heterocycles. The Bertz CT molecular complexity index is 1050. The Kier molecular flexibility index (Phi) is 3.42. The minimum atomic E-state index is -0.121. The summed E-state index contributed by atoms with van der Waals surface area (Å²) in [4.78, 5) is 21.4. The van der Waals surface area contributed by atoms with Crippen LogP contribution in [0.3, 0.4) is 0 Å². The standard InChI is InChI=1S/C18H15N5O/c1-13-5-7-15(8-6-13)23-17-16(10-21-23)18(24)22(12-20-17)11-14-4-2-3-9-19-14/h2-10,12H,11H2,1H3. The van der Waals surface area contributed by atoms with Gasteiger partial charge in [0.05, 0.1) is 24.1 Å².